The molecule has 4 rings (SSSR count). The van der Waals surface area contributed by atoms with Gasteiger partial charge in [-0.3, -0.25) is 9.59 Å². The first-order valence-electron chi connectivity index (χ1n) is 16.3. The molecule has 4 saturated carbocycles. The third-order valence-electron chi connectivity index (χ3n) is 12.5. The molecule has 0 aromatic heterocycles. The van der Waals surface area contributed by atoms with Gasteiger partial charge < -0.3 is 20.3 Å². The van der Waals surface area contributed by atoms with E-state index < -0.39 is 0 Å². The van der Waals surface area contributed by atoms with Gasteiger partial charge in [0.1, 0.15) is 0 Å². The number of rotatable bonds is 11. The molecule has 0 radical (unpaired) electrons. The van der Waals surface area contributed by atoms with Crippen molar-refractivity contribution in [1.29, 1.82) is 0 Å². The summed E-state index contributed by atoms with van der Waals surface area (Å²) >= 11 is 0. The highest BCUT2D eigenvalue weighted by Crippen LogP contribution is 2.68. The molecule has 11 atom stereocenters. The summed E-state index contributed by atoms with van der Waals surface area (Å²) in [6.45, 7) is 9.14. The monoisotopic (exact) mass is 547 g/mol. The smallest absolute Gasteiger partial charge is 0.305 e. The van der Waals surface area contributed by atoms with Gasteiger partial charge in [-0.25, -0.2) is 0 Å². The minimum atomic E-state index is -0.385. The van der Waals surface area contributed by atoms with E-state index in [0.717, 1.165) is 64.2 Å². The molecule has 0 unspecified atom stereocenters. The Morgan fingerprint density at radius 3 is 2.44 bits per heavy atom. The number of fused-ring (bicyclic) bond motifs is 5. The van der Waals surface area contributed by atoms with Gasteiger partial charge in [0, 0.05) is 18.9 Å². The second kappa shape index (κ2) is 12.8. The molecule has 224 valence electrons. The Bertz CT molecular complexity index is 848. The zero-order chi connectivity index (χ0) is 28.4. The van der Waals surface area contributed by atoms with Crippen molar-refractivity contribution in [2.45, 2.75) is 142 Å². The second-order valence-corrected chi connectivity index (χ2v) is 14.4. The van der Waals surface area contributed by atoms with Crippen LogP contribution in [0.15, 0.2) is 0 Å². The molecule has 0 aromatic carbocycles. The van der Waals surface area contributed by atoms with Gasteiger partial charge in [-0.1, -0.05) is 53.4 Å². The topological polar surface area (TPSA) is 95.9 Å². The van der Waals surface area contributed by atoms with Crippen LogP contribution in [0, 0.1) is 46.3 Å². The Morgan fingerprint density at radius 1 is 0.974 bits per heavy atom. The van der Waals surface area contributed by atoms with E-state index in [1.807, 2.05) is 0 Å². The third kappa shape index (κ3) is 6.08. The van der Waals surface area contributed by atoms with Crippen LogP contribution in [-0.2, 0) is 14.3 Å². The largest absolute Gasteiger partial charge is 0.469 e. The molecule has 0 spiro atoms. The van der Waals surface area contributed by atoms with E-state index in [1.165, 1.54) is 26.4 Å². The molecule has 4 aliphatic carbocycles. The van der Waals surface area contributed by atoms with E-state index >= 15 is 0 Å². The predicted octanol–water partition coefficient (Wildman–Crippen LogP) is 6.02. The first-order chi connectivity index (χ1) is 18.6. The predicted molar refractivity (Wildman–Crippen MR) is 154 cm³/mol. The van der Waals surface area contributed by atoms with Crippen LogP contribution in [0.2, 0.25) is 0 Å². The number of hydrogen-bond donors (Lipinski definition) is 3. The molecule has 39 heavy (non-hydrogen) atoms. The average Bonchev–Trinajstić information content (AvgIpc) is 3.26. The summed E-state index contributed by atoms with van der Waals surface area (Å²) in [5.74, 6) is 1.96. The minimum absolute atomic E-state index is 0.0994. The lowest BCUT2D eigenvalue weighted by atomic mass is 9.43. The highest BCUT2D eigenvalue weighted by Gasteiger charge is 2.65. The maximum absolute atomic E-state index is 12.6. The van der Waals surface area contributed by atoms with Crippen LogP contribution in [-0.4, -0.2) is 47.4 Å². The van der Waals surface area contributed by atoms with Crippen molar-refractivity contribution in [3.05, 3.63) is 0 Å². The number of amides is 1. The number of methoxy groups -OCH3 is 1. The third-order valence-corrected chi connectivity index (χ3v) is 12.5. The number of nitrogens with one attached hydrogen (secondary N) is 1. The normalized spacial score (nSPS) is 42.1. The molecular weight excluding hydrogens is 490 g/mol. The summed E-state index contributed by atoms with van der Waals surface area (Å²) in [7, 11) is 1.44. The molecule has 6 nitrogen and oxygen atoms in total. The summed E-state index contributed by atoms with van der Waals surface area (Å²) in [5, 5.41) is 26.8. The molecule has 0 heterocycles. The molecule has 0 aliphatic heterocycles. The summed E-state index contributed by atoms with van der Waals surface area (Å²) in [6, 6.07) is 0.209. The highest BCUT2D eigenvalue weighted by atomic mass is 16.5. The van der Waals surface area contributed by atoms with Crippen LogP contribution in [0.5, 0.6) is 0 Å². The van der Waals surface area contributed by atoms with E-state index in [-0.39, 0.29) is 46.9 Å². The molecule has 3 N–H and O–H groups in total. The molecule has 1 amide bonds. The zero-order valence-electron chi connectivity index (χ0n) is 25.4. The minimum Gasteiger partial charge on any atom is -0.469 e. The molecule has 6 heteroatoms. The van der Waals surface area contributed by atoms with Crippen LogP contribution >= 0.6 is 0 Å². The van der Waals surface area contributed by atoms with Gasteiger partial charge in [0.2, 0.25) is 5.91 Å². The maximum Gasteiger partial charge on any atom is 0.305 e. The average molecular weight is 548 g/mol. The van der Waals surface area contributed by atoms with Crippen molar-refractivity contribution < 1.29 is 24.5 Å². The summed E-state index contributed by atoms with van der Waals surface area (Å²) in [6.07, 6.45) is 13.6. The molecule has 4 aliphatic rings. The molecule has 0 bridgehead atoms. The van der Waals surface area contributed by atoms with Crippen LogP contribution in [0.1, 0.15) is 124 Å². The molecule has 0 aromatic rings. The van der Waals surface area contributed by atoms with Gasteiger partial charge >= 0.3 is 5.97 Å². The quantitative estimate of drug-likeness (QED) is 0.217. The van der Waals surface area contributed by atoms with Crippen LogP contribution < -0.4 is 5.32 Å². The Kier molecular flexibility index (Phi) is 10.1. The summed E-state index contributed by atoms with van der Waals surface area (Å²) < 4.78 is 4.88. The van der Waals surface area contributed by atoms with Crippen molar-refractivity contribution >= 4 is 11.9 Å². The van der Waals surface area contributed by atoms with Crippen LogP contribution in [0.25, 0.3) is 0 Å². The maximum atomic E-state index is 12.6. The standard InChI is InChI=1S/C33H57NO5/c1-6-7-8-9-10-11-29(37)34-23-16-17-32(3)22(18-23)19-27(35)31-25-14-13-24(21(2)12-15-30(38)39-5)33(25,4)28(36)20-26(31)32/h21-28,31,35-36H,6-20H2,1-5H3,(H,34,37)/t21-,22+,23+,24-,25+,26+,27-,28+,31+,32+,33-/m1/s1. The first-order valence-corrected chi connectivity index (χ1v) is 16.3. The highest BCUT2D eigenvalue weighted by molar-refractivity contribution is 5.76. The number of hydrogen-bond acceptors (Lipinski definition) is 5. The number of carbonyl (C=O) groups excluding carboxylic acids is 2. The van der Waals surface area contributed by atoms with Crippen molar-refractivity contribution in [2.75, 3.05) is 7.11 Å². The van der Waals surface area contributed by atoms with Gasteiger partial charge in [0.25, 0.3) is 0 Å². The van der Waals surface area contributed by atoms with Crippen LogP contribution in [0.4, 0.5) is 0 Å². The lowest BCUT2D eigenvalue weighted by molar-refractivity contribution is -0.202. The molecule has 4 fully saturated rings. The van der Waals surface area contributed by atoms with E-state index in [2.05, 4.69) is 33.0 Å². The van der Waals surface area contributed by atoms with Crippen molar-refractivity contribution in [3.63, 3.8) is 0 Å². The Hall–Kier alpha value is -1.14. The van der Waals surface area contributed by atoms with Crippen LogP contribution in [0.3, 0.4) is 0 Å². The summed E-state index contributed by atoms with van der Waals surface area (Å²) in [5.41, 5.74) is -0.120. The van der Waals surface area contributed by atoms with Gasteiger partial charge in [-0.15, -0.1) is 0 Å². The lowest BCUT2D eigenvalue weighted by Crippen LogP contribution is -2.63. The number of aliphatic hydroxyl groups excluding tert-OH is 2. The summed E-state index contributed by atoms with van der Waals surface area (Å²) in [4.78, 5) is 24.4. The Labute approximate surface area is 237 Å². The number of unbranched alkanes of at least 4 members (excludes halogenated alkanes) is 4. The van der Waals surface area contributed by atoms with E-state index in [4.69, 9.17) is 4.74 Å². The van der Waals surface area contributed by atoms with Crippen molar-refractivity contribution in [2.24, 2.45) is 46.3 Å². The zero-order valence-corrected chi connectivity index (χ0v) is 25.4. The lowest BCUT2D eigenvalue weighted by Gasteiger charge is -2.63. The molecular formula is C33H57NO5. The van der Waals surface area contributed by atoms with Gasteiger partial charge in [0.15, 0.2) is 0 Å². The van der Waals surface area contributed by atoms with E-state index in [0.29, 0.717) is 42.4 Å². The first kappa shape index (κ1) is 30.8. The molecule has 0 saturated heterocycles. The van der Waals surface area contributed by atoms with E-state index in [1.54, 1.807) is 0 Å². The number of esters is 1. The SMILES string of the molecule is CCCCCCCC(=O)N[C@H]1CC[C@@]2(C)[C@@H](C1)C[C@@H](O)[C@@H]1[C@@H]2C[C@H](O)[C@]2(C)[C@@H]([C@H](C)CCC(=O)OC)CC[C@@H]12. The van der Waals surface area contributed by atoms with Gasteiger partial charge in [-0.05, 0) is 104 Å². The second-order valence-electron chi connectivity index (χ2n) is 14.4. The number of ether oxygens (including phenoxy) is 1. The fourth-order valence-corrected chi connectivity index (χ4v) is 10.1. The van der Waals surface area contributed by atoms with Crippen molar-refractivity contribution in [1.82, 2.24) is 5.32 Å². The fourth-order valence-electron chi connectivity index (χ4n) is 10.1. The number of carbonyl (C=O) groups is 2. The van der Waals surface area contributed by atoms with Gasteiger partial charge in [0.05, 0.1) is 19.3 Å². The fraction of sp³-hybridized carbons (Fsp3) is 0.939. The Balaban J connectivity index is 1.40. The van der Waals surface area contributed by atoms with E-state index in [9.17, 15) is 19.8 Å². The number of aliphatic hydroxyl groups is 2. The van der Waals surface area contributed by atoms with Crippen molar-refractivity contribution in [3.8, 4) is 0 Å². The van der Waals surface area contributed by atoms with Gasteiger partial charge in [-0.2, -0.15) is 0 Å². The Morgan fingerprint density at radius 2 is 1.72 bits per heavy atom.